The monoisotopic (exact) mass is 142 g/mol. The Morgan fingerprint density at radius 3 is 3.00 bits per heavy atom. The lowest BCUT2D eigenvalue weighted by Gasteiger charge is -2.16. The highest BCUT2D eigenvalue weighted by Crippen LogP contribution is 2.51. The Bertz CT molecular complexity index is 131. The van der Waals surface area contributed by atoms with E-state index in [-0.39, 0.29) is 0 Å². The molecule has 2 heteroatoms. The molecular weight excluding hydrogens is 132 g/mol. The molecule has 0 spiro atoms. The molecular formula is C7H10OS. The maximum absolute atomic E-state index is 5.73. The molecule has 9 heavy (non-hydrogen) atoms. The van der Waals surface area contributed by atoms with Gasteiger partial charge in [0.15, 0.2) is 0 Å². The van der Waals surface area contributed by atoms with Gasteiger partial charge in [0.1, 0.15) is 0 Å². The maximum Gasteiger partial charge on any atom is 0.0708 e. The first kappa shape index (κ1) is 5.03. The van der Waals surface area contributed by atoms with Gasteiger partial charge in [0.05, 0.1) is 12.2 Å². The molecule has 1 saturated carbocycles. The number of thioether (sulfide) groups is 1. The lowest BCUT2D eigenvalue weighted by molar-refractivity contribution is 0.0278. The fourth-order valence-corrected chi connectivity index (χ4v) is 4.06. The van der Waals surface area contributed by atoms with E-state index >= 15 is 0 Å². The number of hydrogen-bond acceptors (Lipinski definition) is 2. The van der Waals surface area contributed by atoms with E-state index < -0.39 is 0 Å². The van der Waals surface area contributed by atoms with Crippen molar-refractivity contribution in [3.05, 3.63) is 0 Å². The van der Waals surface area contributed by atoms with Crippen LogP contribution in [0.4, 0.5) is 0 Å². The summed E-state index contributed by atoms with van der Waals surface area (Å²) in [5.41, 5.74) is 0. The molecule has 2 bridgehead atoms. The molecule has 4 atom stereocenters. The third-order valence-electron chi connectivity index (χ3n) is 2.83. The summed E-state index contributed by atoms with van der Waals surface area (Å²) in [7, 11) is 0. The molecule has 1 aliphatic carbocycles. The standard InChI is InChI=1S/C7H10OS/c1-4-2-7-5(1)6(8-4)3-9-7/h4-7H,1-3H2. The van der Waals surface area contributed by atoms with E-state index in [1.54, 1.807) is 0 Å². The normalized spacial score (nSPS) is 61.3. The van der Waals surface area contributed by atoms with Crippen molar-refractivity contribution in [1.82, 2.24) is 0 Å². The fraction of sp³-hybridized carbons (Fsp3) is 1.00. The molecule has 2 saturated heterocycles. The first-order chi connectivity index (χ1) is 4.43. The average Bonchev–Trinajstić information content (AvgIpc) is 2.35. The smallest absolute Gasteiger partial charge is 0.0708 e. The van der Waals surface area contributed by atoms with Crippen molar-refractivity contribution in [3.8, 4) is 0 Å². The van der Waals surface area contributed by atoms with Crippen LogP contribution < -0.4 is 0 Å². The Hall–Kier alpha value is 0.310. The summed E-state index contributed by atoms with van der Waals surface area (Å²) in [6, 6.07) is 0. The predicted octanol–water partition coefficient (Wildman–Crippen LogP) is 1.28. The third-order valence-corrected chi connectivity index (χ3v) is 4.32. The van der Waals surface area contributed by atoms with Gasteiger partial charge in [-0.25, -0.2) is 0 Å². The molecule has 1 nitrogen and oxygen atoms in total. The predicted molar refractivity (Wildman–Crippen MR) is 37.6 cm³/mol. The van der Waals surface area contributed by atoms with Crippen LogP contribution in [-0.4, -0.2) is 23.2 Å². The van der Waals surface area contributed by atoms with Crippen LogP contribution >= 0.6 is 11.8 Å². The van der Waals surface area contributed by atoms with Crippen LogP contribution in [0, 0.1) is 5.92 Å². The summed E-state index contributed by atoms with van der Waals surface area (Å²) in [6.45, 7) is 0. The van der Waals surface area contributed by atoms with Crippen molar-refractivity contribution in [2.75, 3.05) is 5.75 Å². The van der Waals surface area contributed by atoms with Crippen molar-refractivity contribution in [2.24, 2.45) is 5.92 Å². The quantitative estimate of drug-likeness (QED) is 0.504. The molecule has 4 unspecified atom stereocenters. The third kappa shape index (κ3) is 0.517. The van der Waals surface area contributed by atoms with Gasteiger partial charge in [0.2, 0.25) is 0 Å². The Morgan fingerprint density at radius 1 is 1.33 bits per heavy atom. The molecule has 0 aromatic carbocycles. The molecule has 2 aliphatic heterocycles. The van der Waals surface area contributed by atoms with E-state index in [0.29, 0.717) is 12.2 Å². The second-order valence-electron chi connectivity index (χ2n) is 3.30. The lowest BCUT2D eigenvalue weighted by atomic mass is 10.0. The van der Waals surface area contributed by atoms with Gasteiger partial charge >= 0.3 is 0 Å². The zero-order valence-electron chi connectivity index (χ0n) is 5.25. The van der Waals surface area contributed by atoms with Gasteiger partial charge in [0.25, 0.3) is 0 Å². The summed E-state index contributed by atoms with van der Waals surface area (Å²) in [6.07, 6.45) is 4.06. The number of rotatable bonds is 0. The van der Waals surface area contributed by atoms with E-state index in [1.807, 2.05) is 0 Å². The van der Waals surface area contributed by atoms with E-state index in [0.717, 1.165) is 11.2 Å². The van der Waals surface area contributed by atoms with Crippen LogP contribution in [0.25, 0.3) is 0 Å². The van der Waals surface area contributed by atoms with Gasteiger partial charge < -0.3 is 4.74 Å². The molecule has 0 radical (unpaired) electrons. The van der Waals surface area contributed by atoms with Crippen molar-refractivity contribution in [3.63, 3.8) is 0 Å². The first-order valence-electron chi connectivity index (χ1n) is 3.70. The van der Waals surface area contributed by atoms with Crippen molar-refractivity contribution < 1.29 is 4.74 Å². The molecule has 3 fully saturated rings. The van der Waals surface area contributed by atoms with Crippen LogP contribution in [0.5, 0.6) is 0 Å². The molecule has 3 aliphatic rings. The number of hydrogen-bond donors (Lipinski definition) is 0. The molecule has 3 rings (SSSR count). The minimum atomic E-state index is 0.666. The summed E-state index contributed by atoms with van der Waals surface area (Å²) < 4.78 is 5.73. The van der Waals surface area contributed by atoms with E-state index in [9.17, 15) is 0 Å². The molecule has 0 aromatic rings. The zero-order chi connectivity index (χ0) is 5.84. The maximum atomic E-state index is 5.73. The molecule has 0 aromatic heterocycles. The van der Waals surface area contributed by atoms with Crippen LogP contribution in [0.15, 0.2) is 0 Å². The molecule has 2 heterocycles. The Labute approximate surface area is 59.1 Å². The minimum absolute atomic E-state index is 0.666. The second-order valence-corrected chi connectivity index (χ2v) is 4.58. The lowest BCUT2D eigenvalue weighted by Crippen LogP contribution is -2.22. The molecule has 0 amide bonds. The number of ether oxygens (including phenoxy) is 1. The SMILES string of the molecule is C1SC2CC3CC2C1O3. The molecule has 0 N–H and O–H groups in total. The fourth-order valence-electron chi connectivity index (χ4n) is 2.41. The molecule has 50 valence electrons. The Balaban J connectivity index is 2.02. The van der Waals surface area contributed by atoms with E-state index in [4.69, 9.17) is 4.74 Å². The van der Waals surface area contributed by atoms with E-state index in [1.165, 1.54) is 18.6 Å². The van der Waals surface area contributed by atoms with Gasteiger partial charge in [-0.1, -0.05) is 0 Å². The summed E-state index contributed by atoms with van der Waals surface area (Å²) in [5, 5.41) is 0.994. The highest BCUT2D eigenvalue weighted by atomic mass is 32.2. The van der Waals surface area contributed by atoms with Crippen LogP contribution in [-0.2, 0) is 4.74 Å². The van der Waals surface area contributed by atoms with E-state index in [2.05, 4.69) is 11.8 Å². The van der Waals surface area contributed by atoms with Gasteiger partial charge in [-0.2, -0.15) is 11.8 Å². The van der Waals surface area contributed by atoms with Crippen LogP contribution in [0.1, 0.15) is 12.8 Å². The van der Waals surface area contributed by atoms with Crippen LogP contribution in [0.2, 0.25) is 0 Å². The van der Waals surface area contributed by atoms with Crippen molar-refractivity contribution in [1.29, 1.82) is 0 Å². The zero-order valence-corrected chi connectivity index (χ0v) is 6.06. The highest BCUT2D eigenvalue weighted by molar-refractivity contribution is 8.00. The Kier molecular flexibility index (Phi) is 0.828. The minimum Gasteiger partial charge on any atom is -0.374 e. The number of fused-ring (bicyclic) bond motifs is 1. The summed E-state index contributed by atoms with van der Waals surface area (Å²) in [5.74, 6) is 2.24. The topological polar surface area (TPSA) is 9.23 Å². The van der Waals surface area contributed by atoms with Gasteiger partial charge in [-0.3, -0.25) is 0 Å². The Morgan fingerprint density at radius 2 is 2.33 bits per heavy atom. The van der Waals surface area contributed by atoms with Gasteiger partial charge in [-0.15, -0.1) is 0 Å². The first-order valence-corrected chi connectivity index (χ1v) is 4.75. The van der Waals surface area contributed by atoms with Gasteiger partial charge in [-0.05, 0) is 12.8 Å². The van der Waals surface area contributed by atoms with Crippen LogP contribution in [0.3, 0.4) is 0 Å². The van der Waals surface area contributed by atoms with Crippen molar-refractivity contribution in [2.45, 2.75) is 30.3 Å². The largest absolute Gasteiger partial charge is 0.374 e. The highest BCUT2D eigenvalue weighted by Gasteiger charge is 2.51. The summed E-state index contributed by atoms with van der Waals surface area (Å²) in [4.78, 5) is 0. The average molecular weight is 142 g/mol. The van der Waals surface area contributed by atoms with Crippen molar-refractivity contribution >= 4 is 11.8 Å². The summed E-state index contributed by atoms with van der Waals surface area (Å²) >= 11 is 2.14. The van der Waals surface area contributed by atoms with Gasteiger partial charge in [0, 0.05) is 16.9 Å². The second kappa shape index (κ2) is 1.48.